The second-order valence-corrected chi connectivity index (χ2v) is 2.93. The number of nitrogens with zero attached hydrogens (tertiary/aromatic N) is 2. The third kappa shape index (κ3) is 3.01. The highest BCUT2D eigenvalue weighted by Gasteiger charge is 2.20. The van der Waals surface area contributed by atoms with Gasteiger partial charge >= 0.3 is 0 Å². The summed E-state index contributed by atoms with van der Waals surface area (Å²) >= 11 is 0. The number of carbonyl (C=O) groups excluding carboxylic acids is 2. The van der Waals surface area contributed by atoms with Gasteiger partial charge in [0.25, 0.3) is 0 Å². The Morgan fingerprint density at radius 3 is 1.21 bits per heavy atom. The first-order valence-corrected chi connectivity index (χ1v) is 5.22. The molecule has 0 saturated carbocycles. The van der Waals surface area contributed by atoms with E-state index in [0.717, 1.165) is 0 Å². The Bertz CT molecular complexity index is 182. The first kappa shape index (κ1) is 12.9. The van der Waals surface area contributed by atoms with Crippen molar-refractivity contribution >= 4 is 11.8 Å². The van der Waals surface area contributed by atoms with E-state index >= 15 is 0 Å². The number of hydrazine groups is 1. The maximum absolute atomic E-state index is 11.5. The quantitative estimate of drug-likeness (QED) is 0.644. The molecule has 0 aromatic rings. The summed E-state index contributed by atoms with van der Waals surface area (Å²) in [5, 5.41) is 3.04. The van der Waals surface area contributed by atoms with Crippen molar-refractivity contribution in [1.82, 2.24) is 10.0 Å². The van der Waals surface area contributed by atoms with Crippen molar-refractivity contribution in [3.8, 4) is 0 Å². The van der Waals surface area contributed by atoms with Crippen LogP contribution in [-0.4, -0.2) is 34.9 Å². The second-order valence-electron chi connectivity index (χ2n) is 2.93. The Labute approximate surface area is 85.8 Å². The molecule has 0 fully saturated rings. The molecule has 2 amide bonds. The van der Waals surface area contributed by atoms with Crippen molar-refractivity contribution in [2.24, 2.45) is 0 Å². The molecular weight excluding hydrogens is 180 g/mol. The lowest BCUT2D eigenvalue weighted by atomic mass is 10.4. The van der Waals surface area contributed by atoms with Gasteiger partial charge in [-0.15, -0.1) is 0 Å². The number of carbonyl (C=O) groups is 2. The van der Waals surface area contributed by atoms with Gasteiger partial charge in [-0.3, -0.25) is 19.6 Å². The highest BCUT2D eigenvalue weighted by Crippen LogP contribution is 2.03. The summed E-state index contributed by atoms with van der Waals surface area (Å²) in [7, 11) is 0. The molecule has 4 nitrogen and oxygen atoms in total. The van der Waals surface area contributed by atoms with Crippen LogP contribution in [0.3, 0.4) is 0 Å². The second kappa shape index (κ2) is 6.40. The minimum Gasteiger partial charge on any atom is -0.273 e. The van der Waals surface area contributed by atoms with Crippen LogP contribution in [0.15, 0.2) is 0 Å². The van der Waals surface area contributed by atoms with E-state index in [0.29, 0.717) is 25.9 Å². The number of rotatable bonds is 4. The Morgan fingerprint density at radius 1 is 0.786 bits per heavy atom. The highest BCUT2D eigenvalue weighted by molar-refractivity contribution is 5.81. The molecule has 0 N–H and O–H groups in total. The predicted molar refractivity (Wildman–Crippen MR) is 55.4 cm³/mol. The first-order chi connectivity index (χ1) is 6.62. The molecule has 0 aliphatic rings. The van der Waals surface area contributed by atoms with Gasteiger partial charge in [-0.1, -0.05) is 13.8 Å². The third-order valence-electron chi connectivity index (χ3n) is 2.07. The fourth-order valence-corrected chi connectivity index (χ4v) is 1.33. The summed E-state index contributed by atoms with van der Waals surface area (Å²) in [6.07, 6.45) is 0.864. The topological polar surface area (TPSA) is 40.6 Å². The lowest BCUT2D eigenvalue weighted by Crippen LogP contribution is -2.49. The highest BCUT2D eigenvalue weighted by atomic mass is 16.2. The lowest BCUT2D eigenvalue weighted by molar-refractivity contribution is -0.162. The van der Waals surface area contributed by atoms with Gasteiger partial charge in [-0.05, 0) is 13.8 Å². The summed E-state index contributed by atoms with van der Waals surface area (Å²) in [6, 6.07) is 0. The van der Waals surface area contributed by atoms with E-state index in [1.807, 2.05) is 13.8 Å². The maximum atomic E-state index is 11.5. The average molecular weight is 200 g/mol. The third-order valence-corrected chi connectivity index (χ3v) is 2.07. The predicted octanol–water partition coefficient (Wildman–Crippen LogP) is 1.42. The van der Waals surface area contributed by atoms with Crippen LogP contribution in [0.4, 0.5) is 0 Å². The van der Waals surface area contributed by atoms with E-state index in [4.69, 9.17) is 0 Å². The zero-order chi connectivity index (χ0) is 11.1. The normalized spacial score (nSPS) is 9.71. The van der Waals surface area contributed by atoms with Crippen molar-refractivity contribution < 1.29 is 9.59 Å². The van der Waals surface area contributed by atoms with Crippen LogP contribution >= 0.6 is 0 Å². The largest absolute Gasteiger partial charge is 0.273 e. The zero-order valence-corrected chi connectivity index (χ0v) is 9.54. The SMILES string of the molecule is CCC(=O)N(CC)N(CC)C(=O)CC. The van der Waals surface area contributed by atoms with Crippen molar-refractivity contribution in [1.29, 1.82) is 0 Å². The first-order valence-electron chi connectivity index (χ1n) is 5.22. The van der Waals surface area contributed by atoms with E-state index in [-0.39, 0.29) is 11.8 Å². The van der Waals surface area contributed by atoms with Crippen LogP contribution in [0.25, 0.3) is 0 Å². The van der Waals surface area contributed by atoms with Crippen LogP contribution in [0.2, 0.25) is 0 Å². The zero-order valence-electron chi connectivity index (χ0n) is 9.54. The molecule has 82 valence electrons. The van der Waals surface area contributed by atoms with Crippen molar-refractivity contribution in [3.05, 3.63) is 0 Å². The molecule has 0 bridgehead atoms. The summed E-state index contributed by atoms with van der Waals surface area (Å²) in [5.41, 5.74) is 0. The van der Waals surface area contributed by atoms with Gasteiger partial charge in [0.2, 0.25) is 11.8 Å². The molecule has 0 heterocycles. The van der Waals surface area contributed by atoms with Crippen molar-refractivity contribution in [2.45, 2.75) is 40.5 Å². The molecule has 0 rings (SSSR count). The number of hydrogen-bond acceptors (Lipinski definition) is 2. The Balaban J connectivity index is 4.60. The van der Waals surface area contributed by atoms with E-state index in [9.17, 15) is 9.59 Å². The van der Waals surface area contributed by atoms with Gasteiger partial charge < -0.3 is 0 Å². The summed E-state index contributed by atoms with van der Waals surface area (Å²) in [5.74, 6) is -0.00713. The summed E-state index contributed by atoms with van der Waals surface area (Å²) in [6.45, 7) is 8.45. The van der Waals surface area contributed by atoms with E-state index in [1.54, 1.807) is 13.8 Å². The molecule has 0 aliphatic heterocycles. The summed E-state index contributed by atoms with van der Waals surface area (Å²) < 4.78 is 0. The van der Waals surface area contributed by atoms with Crippen LogP contribution in [0, 0.1) is 0 Å². The minimum absolute atomic E-state index is 0.00356. The smallest absolute Gasteiger partial charge is 0.240 e. The van der Waals surface area contributed by atoms with Gasteiger partial charge in [0.1, 0.15) is 0 Å². The minimum atomic E-state index is -0.00356. The van der Waals surface area contributed by atoms with Crippen LogP contribution in [-0.2, 0) is 9.59 Å². The van der Waals surface area contributed by atoms with Gasteiger partial charge in [0.05, 0.1) is 0 Å². The molecule has 0 aliphatic carbocycles. The fraction of sp³-hybridized carbons (Fsp3) is 0.800. The van der Waals surface area contributed by atoms with Crippen LogP contribution < -0.4 is 0 Å². The molecule has 0 aromatic carbocycles. The van der Waals surface area contributed by atoms with Crippen molar-refractivity contribution in [3.63, 3.8) is 0 Å². The molecule has 0 spiro atoms. The Kier molecular flexibility index (Phi) is 5.92. The fourth-order valence-electron chi connectivity index (χ4n) is 1.33. The van der Waals surface area contributed by atoms with Gasteiger partial charge in [-0.25, -0.2) is 0 Å². The molecule has 4 heteroatoms. The molecule has 0 unspecified atom stereocenters. The standard InChI is InChI=1S/C10H20N2O2/c1-5-9(13)11(7-3)12(8-4)10(14)6-2/h5-8H2,1-4H3. The lowest BCUT2D eigenvalue weighted by Gasteiger charge is -2.32. The molecule has 0 atom stereocenters. The van der Waals surface area contributed by atoms with Gasteiger partial charge in [0.15, 0.2) is 0 Å². The van der Waals surface area contributed by atoms with E-state index in [2.05, 4.69) is 0 Å². The molecule has 0 aromatic heterocycles. The molecule has 0 radical (unpaired) electrons. The van der Waals surface area contributed by atoms with Crippen LogP contribution in [0.1, 0.15) is 40.5 Å². The summed E-state index contributed by atoms with van der Waals surface area (Å²) in [4.78, 5) is 23.0. The molecule has 14 heavy (non-hydrogen) atoms. The monoisotopic (exact) mass is 200 g/mol. The Hall–Kier alpha value is -1.06. The van der Waals surface area contributed by atoms with Crippen LogP contribution in [0.5, 0.6) is 0 Å². The Morgan fingerprint density at radius 2 is 1.07 bits per heavy atom. The number of amides is 2. The average Bonchev–Trinajstić information content (AvgIpc) is 2.23. The van der Waals surface area contributed by atoms with E-state index < -0.39 is 0 Å². The molecule has 0 saturated heterocycles. The van der Waals surface area contributed by atoms with Gasteiger partial charge in [0, 0.05) is 25.9 Å². The molecular formula is C10H20N2O2. The maximum Gasteiger partial charge on any atom is 0.240 e. The van der Waals surface area contributed by atoms with E-state index in [1.165, 1.54) is 10.0 Å². The van der Waals surface area contributed by atoms with Crippen molar-refractivity contribution in [2.75, 3.05) is 13.1 Å². The number of hydrogen-bond donors (Lipinski definition) is 0. The van der Waals surface area contributed by atoms with Gasteiger partial charge in [-0.2, -0.15) is 0 Å².